The minimum absolute atomic E-state index is 0.157. The maximum atomic E-state index is 12.5. The topological polar surface area (TPSA) is 66.4 Å². The van der Waals surface area contributed by atoms with Crippen LogP contribution in [-0.4, -0.2) is 26.7 Å². The van der Waals surface area contributed by atoms with Crippen molar-refractivity contribution in [3.8, 4) is 0 Å². The van der Waals surface area contributed by atoms with Crippen LogP contribution in [0.2, 0.25) is 0 Å². The Labute approximate surface area is 133 Å². The lowest BCUT2D eigenvalue weighted by Crippen LogP contribution is -2.31. The lowest BCUT2D eigenvalue weighted by Gasteiger charge is -2.27. The van der Waals surface area contributed by atoms with E-state index in [-0.39, 0.29) is 29.9 Å². The number of alkyl halides is 3. The molecular formula is C15H20F3NO3S. The van der Waals surface area contributed by atoms with Crippen LogP contribution in [0.5, 0.6) is 0 Å². The van der Waals surface area contributed by atoms with Gasteiger partial charge in [-0.2, -0.15) is 13.2 Å². The number of benzene rings is 1. The van der Waals surface area contributed by atoms with Crippen molar-refractivity contribution in [3.63, 3.8) is 0 Å². The van der Waals surface area contributed by atoms with E-state index in [0.29, 0.717) is 0 Å². The zero-order chi connectivity index (χ0) is 17.1. The van der Waals surface area contributed by atoms with Crippen LogP contribution in [-0.2, 0) is 16.2 Å². The summed E-state index contributed by atoms with van der Waals surface area (Å²) in [5, 5.41) is 9.07. The van der Waals surface area contributed by atoms with Gasteiger partial charge in [-0.05, 0) is 61.8 Å². The van der Waals surface area contributed by atoms with Gasteiger partial charge in [0.1, 0.15) is 0 Å². The molecule has 0 unspecified atom stereocenters. The first-order chi connectivity index (χ1) is 10.7. The number of sulfonamides is 1. The Hall–Kier alpha value is -1.12. The fourth-order valence-corrected chi connectivity index (χ4v) is 3.87. The molecule has 4 nitrogen and oxygen atoms in total. The molecule has 0 saturated heterocycles. The van der Waals surface area contributed by atoms with E-state index in [1.54, 1.807) is 0 Å². The van der Waals surface area contributed by atoms with Crippen molar-refractivity contribution in [2.24, 2.45) is 11.8 Å². The van der Waals surface area contributed by atoms with Crippen molar-refractivity contribution in [1.82, 2.24) is 4.72 Å². The summed E-state index contributed by atoms with van der Waals surface area (Å²) in [5.74, 6) is 0.486. The van der Waals surface area contributed by atoms with Crippen molar-refractivity contribution in [3.05, 3.63) is 29.8 Å². The van der Waals surface area contributed by atoms with E-state index in [4.69, 9.17) is 5.11 Å². The first-order valence-electron chi connectivity index (χ1n) is 7.50. The van der Waals surface area contributed by atoms with Crippen molar-refractivity contribution in [2.75, 3.05) is 13.2 Å². The molecule has 1 fully saturated rings. The molecule has 1 aliphatic rings. The van der Waals surface area contributed by atoms with Crippen molar-refractivity contribution < 1.29 is 26.7 Å². The molecule has 0 spiro atoms. The van der Waals surface area contributed by atoms with Crippen molar-refractivity contribution >= 4 is 10.0 Å². The Balaban J connectivity index is 1.94. The van der Waals surface area contributed by atoms with Crippen LogP contribution in [0.3, 0.4) is 0 Å². The maximum Gasteiger partial charge on any atom is 0.416 e. The highest BCUT2D eigenvalue weighted by Gasteiger charge is 2.30. The summed E-state index contributed by atoms with van der Waals surface area (Å²) in [6, 6.07) is 3.46. The van der Waals surface area contributed by atoms with Crippen LogP contribution >= 0.6 is 0 Å². The Morgan fingerprint density at radius 1 is 1.04 bits per heavy atom. The quantitative estimate of drug-likeness (QED) is 0.857. The second-order valence-electron chi connectivity index (χ2n) is 5.94. The lowest BCUT2D eigenvalue weighted by atomic mass is 9.82. The summed E-state index contributed by atoms with van der Waals surface area (Å²) in [7, 11) is -3.81. The highest BCUT2D eigenvalue weighted by molar-refractivity contribution is 7.89. The molecule has 8 heteroatoms. The van der Waals surface area contributed by atoms with Gasteiger partial charge >= 0.3 is 6.18 Å². The van der Waals surface area contributed by atoms with Crippen LogP contribution in [0.25, 0.3) is 0 Å². The third kappa shape index (κ3) is 4.92. The summed E-state index contributed by atoms with van der Waals surface area (Å²) in [6.07, 6.45) is -1.09. The first-order valence-corrected chi connectivity index (χ1v) is 8.98. The van der Waals surface area contributed by atoms with Gasteiger partial charge in [0, 0.05) is 13.2 Å². The molecule has 0 aliphatic heterocycles. The van der Waals surface area contributed by atoms with Gasteiger partial charge in [0.2, 0.25) is 10.0 Å². The minimum Gasteiger partial charge on any atom is -0.396 e. The maximum absolute atomic E-state index is 12.5. The van der Waals surface area contributed by atoms with Crippen LogP contribution in [0.15, 0.2) is 29.2 Å². The molecule has 0 aromatic heterocycles. The number of aliphatic hydroxyl groups is 1. The predicted molar refractivity (Wildman–Crippen MR) is 79.2 cm³/mol. The van der Waals surface area contributed by atoms with Gasteiger partial charge in [-0.3, -0.25) is 0 Å². The molecule has 1 aliphatic carbocycles. The number of rotatable bonds is 5. The van der Waals surface area contributed by atoms with E-state index in [1.165, 1.54) is 0 Å². The second kappa shape index (κ2) is 7.19. The number of hydrogen-bond donors (Lipinski definition) is 2. The van der Waals surface area contributed by atoms with Gasteiger partial charge < -0.3 is 5.11 Å². The molecule has 2 N–H and O–H groups in total. The monoisotopic (exact) mass is 351 g/mol. The molecule has 0 amide bonds. The standard InChI is InChI=1S/C15H20F3NO3S/c16-15(17,18)13-5-7-14(8-6-13)23(21,22)19-9-11-1-3-12(10-20)4-2-11/h5-8,11-12,19-20H,1-4,9-10H2. The summed E-state index contributed by atoms with van der Waals surface area (Å²) >= 11 is 0. The largest absolute Gasteiger partial charge is 0.416 e. The molecule has 1 aromatic carbocycles. The van der Waals surface area contributed by atoms with E-state index in [0.717, 1.165) is 49.9 Å². The van der Waals surface area contributed by atoms with Crippen LogP contribution < -0.4 is 4.72 Å². The summed E-state index contributed by atoms with van der Waals surface area (Å²) in [5.41, 5.74) is -0.876. The summed E-state index contributed by atoms with van der Waals surface area (Å²) in [6.45, 7) is 0.422. The first kappa shape index (κ1) is 18.2. The zero-order valence-corrected chi connectivity index (χ0v) is 13.3. The fraction of sp³-hybridized carbons (Fsp3) is 0.600. The highest BCUT2D eigenvalue weighted by atomic mass is 32.2. The fourth-order valence-electron chi connectivity index (χ4n) is 2.75. The zero-order valence-electron chi connectivity index (χ0n) is 12.5. The van der Waals surface area contributed by atoms with Crippen LogP contribution in [0.1, 0.15) is 31.2 Å². The van der Waals surface area contributed by atoms with Crippen molar-refractivity contribution in [1.29, 1.82) is 0 Å². The van der Waals surface area contributed by atoms with Gasteiger partial charge in [-0.25, -0.2) is 13.1 Å². The highest BCUT2D eigenvalue weighted by Crippen LogP contribution is 2.30. The Bertz CT molecular complexity index is 606. The van der Waals surface area contributed by atoms with Gasteiger partial charge in [0.15, 0.2) is 0 Å². The number of nitrogens with one attached hydrogen (secondary N) is 1. The molecule has 0 radical (unpaired) electrons. The normalized spacial score (nSPS) is 23.0. The van der Waals surface area contributed by atoms with E-state index in [1.807, 2.05) is 0 Å². The predicted octanol–water partition coefficient (Wildman–Crippen LogP) is 2.78. The third-order valence-corrected chi connectivity index (χ3v) is 5.72. The van der Waals surface area contributed by atoms with Gasteiger partial charge in [-0.15, -0.1) is 0 Å². The summed E-state index contributed by atoms with van der Waals surface area (Å²) < 4.78 is 64.2. The Morgan fingerprint density at radius 2 is 1.57 bits per heavy atom. The minimum atomic E-state index is -4.49. The summed E-state index contributed by atoms with van der Waals surface area (Å²) in [4.78, 5) is -0.172. The second-order valence-corrected chi connectivity index (χ2v) is 7.71. The van der Waals surface area contributed by atoms with Gasteiger partial charge in [0.25, 0.3) is 0 Å². The molecule has 1 saturated carbocycles. The van der Waals surface area contributed by atoms with Crippen molar-refractivity contribution in [2.45, 2.75) is 36.8 Å². The Morgan fingerprint density at radius 3 is 2.04 bits per heavy atom. The molecule has 2 rings (SSSR count). The number of aliphatic hydroxyl groups excluding tert-OH is 1. The van der Waals surface area contributed by atoms with Crippen LogP contribution in [0, 0.1) is 11.8 Å². The van der Waals surface area contributed by atoms with Gasteiger partial charge in [-0.1, -0.05) is 0 Å². The molecule has 1 aromatic rings. The molecule has 130 valence electrons. The van der Waals surface area contributed by atoms with Gasteiger partial charge in [0.05, 0.1) is 10.5 Å². The molecule has 0 atom stereocenters. The third-order valence-electron chi connectivity index (χ3n) is 4.28. The SMILES string of the molecule is O=S(=O)(NCC1CCC(CO)CC1)c1ccc(C(F)(F)F)cc1. The van der Waals surface area contributed by atoms with E-state index < -0.39 is 21.8 Å². The molecule has 0 heterocycles. The Kier molecular flexibility index (Phi) is 5.70. The van der Waals surface area contributed by atoms with E-state index in [2.05, 4.69) is 4.72 Å². The van der Waals surface area contributed by atoms with E-state index >= 15 is 0 Å². The smallest absolute Gasteiger partial charge is 0.396 e. The average molecular weight is 351 g/mol. The molecule has 0 bridgehead atoms. The number of hydrogen-bond acceptors (Lipinski definition) is 3. The van der Waals surface area contributed by atoms with E-state index in [9.17, 15) is 21.6 Å². The van der Waals surface area contributed by atoms with Crippen LogP contribution in [0.4, 0.5) is 13.2 Å². The average Bonchev–Trinajstić information content (AvgIpc) is 2.53. The molecule has 23 heavy (non-hydrogen) atoms. The number of halogens is 3. The lowest BCUT2D eigenvalue weighted by molar-refractivity contribution is -0.137. The molecular weight excluding hydrogens is 331 g/mol.